The van der Waals surface area contributed by atoms with Gasteiger partial charge in [0.15, 0.2) is 12.0 Å². The van der Waals surface area contributed by atoms with Gasteiger partial charge in [-0.3, -0.25) is 0 Å². The third-order valence-electron chi connectivity index (χ3n) is 3.44. The van der Waals surface area contributed by atoms with E-state index in [2.05, 4.69) is 4.99 Å². The van der Waals surface area contributed by atoms with Crippen LogP contribution in [0.3, 0.4) is 0 Å². The summed E-state index contributed by atoms with van der Waals surface area (Å²) in [7, 11) is 1.63. The second-order valence-electron chi connectivity index (χ2n) is 5.10. The number of nitrogens with two attached hydrogens (primary N) is 1. The lowest BCUT2D eigenvalue weighted by molar-refractivity contribution is -0.0168. The first-order chi connectivity index (χ1) is 11.7. The second-order valence-corrected chi connectivity index (χ2v) is 6.53. The molecule has 0 spiro atoms. The molecule has 2 aromatic rings. The summed E-state index contributed by atoms with van der Waals surface area (Å²) >= 11 is 7.59. The van der Waals surface area contributed by atoms with E-state index < -0.39 is 0 Å². The van der Waals surface area contributed by atoms with Crippen LogP contribution in [-0.4, -0.2) is 19.1 Å². The van der Waals surface area contributed by atoms with E-state index in [0.717, 1.165) is 28.3 Å². The predicted molar refractivity (Wildman–Crippen MR) is 97.3 cm³/mol. The minimum Gasteiger partial charge on any atom is -0.497 e. The molecule has 0 aliphatic carbocycles. The van der Waals surface area contributed by atoms with Crippen molar-refractivity contribution in [2.45, 2.75) is 12.4 Å². The molecule has 0 bridgehead atoms. The zero-order valence-electron chi connectivity index (χ0n) is 13.1. The SMILES string of the molecule is COc1ccc(N=C(N)SCc2cc(Cl)cc3c2OCOC3)cc1. The minimum absolute atomic E-state index is 0.252. The van der Waals surface area contributed by atoms with Gasteiger partial charge in [-0.25, -0.2) is 4.99 Å². The molecule has 0 amide bonds. The van der Waals surface area contributed by atoms with Gasteiger partial charge in [0.2, 0.25) is 0 Å². The molecular formula is C17H17ClN2O3S. The van der Waals surface area contributed by atoms with E-state index in [1.54, 1.807) is 7.11 Å². The van der Waals surface area contributed by atoms with Gasteiger partial charge >= 0.3 is 0 Å². The van der Waals surface area contributed by atoms with Gasteiger partial charge in [-0.15, -0.1) is 0 Å². The summed E-state index contributed by atoms with van der Waals surface area (Å²) in [5.74, 6) is 2.23. The minimum atomic E-state index is 0.252. The van der Waals surface area contributed by atoms with Crippen LogP contribution in [0.25, 0.3) is 0 Å². The van der Waals surface area contributed by atoms with Crippen LogP contribution in [0, 0.1) is 0 Å². The number of fused-ring (bicyclic) bond motifs is 1. The van der Waals surface area contributed by atoms with Crippen molar-refractivity contribution in [3.63, 3.8) is 0 Å². The number of ether oxygens (including phenoxy) is 3. The number of aliphatic imine (C=N–C) groups is 1. The highest BCUT2D eigenvalue weighted by Gasteiger charge is 2.16. The van der Waals surface area contributed by atoms with E-state index in [9.17, 15) is 0 Å². The molecular weight excluding hydrogens is 348 g/mol. The molecule has 7 heteroatoms. The number of rotatable bonds is 4. The summed E-state index contributed by atoms with van der Waals surface area (Å²) in [6.45, 7) is 0.755. The first-order valence-electron chi connectivity index (χ1n) is 7.28. The standard InChI is InChI=1S/C17H17ClN2O3S/c1-21-15-4-2-14(3-5-15)20-17(19)24-9-12-7-13(18)6-11-8-22-10-23-16(11)12/h2-7H,8-10H2,1H3,(H2,19,20). The maximum atomic E-state index is 6.16. The maximum Gasteiger partial charge on any atom is 0.189 e. The van der Waals surface area contributed by atoms with Gasteiger partial charge in [0.1, 0.15) is 11.5 Å². The molecule has 2 aromatic carbocycles. The predicted octanol–water partition coefficient (Wildman–Crippen LogP) is 4.09. The molecule has 0 unspecified atom stereocenters. The average Bonchev–Trinajstić information content (AvgIpc) is 2.60. The van der Waals surface area contributed by atoms with Crippen molar-refractivity contribution in [2.24, 2.45) is 10.7 Å². The van der Waals surface area contributed by atoms with Crippen LogP contribution >= 0.6 is 23.4 Å². The fourth-order valence-electron chi connectivity index (χ4n) is 2.33. The molecule has 5 nitrogen and oxygen atoms in total. The molecule has 0 aromatic heterocycles. The lowest BCUT2D eigenvalue weighted by atomic mass is 10.1. The lowest BCUT2D eigenvalue weighted by Crippen LogP contribution is -2.13. The summed E-state index contributed by atoms with van der Waals surface area (Å²) in [6, 6.07) is 11.1. The Bertz CT molecular complexity index is 750. The van der Waals surface area contributed by atoms with Crippen molar-refractivity contribution in [2.75, 3.05) is 13.9 Å². The zero-order chi connectivity index (χ0) is 16.9. The van der Waals surface area contributed by atoms with Crippen LogP contribution in [0.4, 0.5) is 5.69 Å². The van der Waals surface area contributed by atoms with Crippen LogP contribution in [0.1, 0.15) is 11.1 Å². The van der Waals surface area contributed by atoms with Crippen molar-refractivity contribution in [3.8, 4) is 11.5 Å². The molecule has 2 N–H and O–H groups in total. The van der Waals surface area contributed by atoms with E-state index in [4.69, 9.17) is 31.5 Å². The van der Waals surface area contributed by atoms with Crippen LogP contribution in [0.2, 0.25) is 5.02 Å². The van der Waals surface area contributed by atoms with Gasteiger partial charge in [-0.2, -0.15) is 0 Å². The molecule has 0 radical (unpaired) electrons. The fourth-order valence-corrected chi connectivity index (χ4v) is 3.28. The monoisotopic (exact) mass is 364 g/mol. The van der Waals surface area contributed by atoms with Crippen molar-refractivity contribution >= 4 is 34.2 Å². The molecule has 24 heavy (non-hydrogen) atoms. The number of hydrogen-bond acceptors (Lipinski definition) is 5. The number of thioether (sulfide) groups is 1. The number of benzene rings is 2. The van der Waals surface area contributed by atoms with E-state index in [-0.39, 0.29) is 6.79 Å². The Morgan fingerprint density at radius 1 is 1.33 bits per heavy atom. The summed E-state index contributed by atoms with van der Waals surface area (Å²) in [4.78, 5) is 4.39. The highest BCUT2D eigenvalue weighted by molar-refractivity contribution is 8.13. The van der Waals surface area contributed by atoms with Crippen LogP contribution in [0.15, 0.2) is 41.4 Å². The number of methoxy groups -OCH3 is 1. The Labute approximate surface area is 149 Å². The molecule has 1 aliphatic heterocycles. The Hall–Kier alpha value is -1.89. The molecule has 0 saturated carbocycles. The average molecular weight is 365 g/mol. The third kappa shape index (κ3) is 4.14. The van der Waals surface area contributed by atoms with Crippen molar-refractivity contribution in [3.05, 3.63) is 52.5 Å². The summed E-state index contributed by atoms with van der Waals surface area (Å²) in [5, 5.41) is 1.13. The Morgan fingerprint density at radius 2 is 2.12 bits per heavy atom. The largest absolute Gasteiger partial charge is 0.497 e. The van der Waals surface area contributed by atoms with Crippen molar-refractivity contribution in [1.82, 2.24) is 0 Å². The summed E-state index contributed by atoms with van der Waals surface area (Å²) in [6.07, 6.45) is 0. The highest BCUT2D eigenvalue weighted by atomic mass is 35.5. The van der Waals surface area contributed by atoms with E-state index in [0.29, 0.717) is 22.6 Å². The van der Waals surface area contributed by atoms with Gasteiger partial charge in [0.25, 0.3) is 0 Å². The van der Waals surface area contributed by atoms with Gasteiger partial charge in [-0.1, -0.05) is 23.4 Å². The van der Waals surface area contributed by atoms with Gasteiger partial charge in [-0.05, 0) is 36.4 Å². The third-order valence-corrected chi connectivity index (χ3v) is 4.50. The normalized spacial score (nSPS) is 14.0. The molecule has 1 aliphatic rings. The maximum absolute atomic E-state index is 6.16. The van der Waals surface area contributed by atoms with Crippen molar-refractivity contribution < 1.29 is 14.2 Å². The Balaban J connectivity index is 1.70. The highest BCUT2D eigenvalue weighted by Crippen LogP contribution is 2.34. The quantitative estimate of drug-likeness (QED) is 0.653. The smallest absolute Gasteiger partial charge is 0.189 e. The fraction of sp³-hybridized carbons (Fsp3) is 0.235. The summed E-state index contributed by atoms with van der Waals surface area (Å²) < 4.78 is 16.0. The second kappa shape index (κ2) is 7.79. The number of hydrogen-bond donors (Lipinski definition) is 1. The molecule has 3 rings (SSSR count). The zero-order valence-corrected chi connectivity index (χ0v) is 14.7. The molecule has 0 atom stereocenters. The summed E-state index contributed by atoms with van der Waals surface area (Å²) in [5.41, 5.74) is 8.74. The van der Waals surface area contributed by atoms with Crippen LogP contribution in [-0.2, 0) is 17.1 Å². The van der Waals surface area contributed by atoms with E-state index in [1.807, 2.05) is 36.4 Å². The van der Waals surface area contributed by atoms with Crippen molar-refractivity contribution in [1.29, 1.82) is 0 Å². The first kappa shape index (κ1) is 17.0. The number of nitrogens with zero attached hydrogens (tertiary/aromatic N) is 1. The Kier molecular flexibility index (Phi) is 5.50. The van der Waals surface area contributed by atoms with Crippen LogP contribution < -0.4 is 15.2 Å². The van der Waals surface area contributed by atoms with Gasteiger partial charge in [0.05, 0.1) is 19.4 Å². The number of halogens is 1. The number of amidine groups is 1. The molecule has 1 heterocycles. The lowest BCUT2D eigenvalue weighted by Gasteiger charge is -2.21. The van der Waals surface area contributed by atoms with E-state index in [1.165, 1.54) is 11.8 Å². The molecule has 126 valence electrons. The Morgan fingerprint density at radius 3 is 2.88 bits per heavy atom. The molecule has 0 saturated heterocycles. The van der Waals surface area contributed by atoms with Crippen LogP contribution in [0.5, 0.6) is 11.5 Å². The topological polar surface area (TPSA) is 66.1 Å². The van der Waals surface area contributed by atoms with Gasteiger partial charge in [0, 0.05) is 21.9 Å². The van der Waals surface area contributed by atoms with E-state index >= 15 is 0 Å². The first-order valence-corrected chi connectivity index (χ1v) is 8.65. The van der Waals surface area contributed by atoms with Gasteiger partial charge < -0.3 is 19.9 Å². The molecule has 0 fully saturated rings.